The van der Waals surface area contributed by atoms with Crippen LogP contribution in [0.2, 0.25) is 0 Å². The number of amides is 1. The van der Waals surface area contributed by atoms with Crippen LogP contribution in [0.5, 0.6) is 5.75 Å². The van der Waals surface area contributed by atoms with Crippen molar-refractivity contribution in [2.75, 3.05) is 7.11 Å². The molecule has 0 bridgehead atoms. The highest BCUT2D eigenvalue weighted by Crippen LogP contribution is 2.29. The average Bonchev–Trinajstić information content (AvgIpc) is 2.73. The van der Waals surface area contributed by atoms with Crippen molar-refractivity contribution in [3.8, 4) is 5.75 Å². The molecule has 7 nitrogen and oxygen atoms in total. The lowest BCUT2D eigenvalue weighted by atomic mass is 9.83. The van der Waals surface area contributed by atoms with Crippen LogP contribution in [0.1, 0.15) is 88.8 Å². The highest BCUT2D eigenvalue weighted by Gasteiger charge is 2.22. The molecule has 1 aromatic rings. The number of allylic oxidation sites excluding steroid dienone is 3. The second kappa shape index (κ2) is 13.6. The van der Waals surface area contributed by atoms with E-state index in [9.17, 15) is 19.5 Å². The zero-order chi connectivity index (χ0) is 24.1. The Hall–Kier alpha value is -2.83. The van der Waals surface area contributed by atoms with E-state index in [1.807, 2.05) is 6.08 Å². The maximum absolute atomic E-state index is 12.7. The van der Waals surface area contributed by atoms with Gasteiger partial charge in [-0.05, 0) is 43.6 Å². The predicted octanol–water partition coefficient (Wildman–Crippen LogP) is 5.66. The van der Waals surface area contributed by atoms with Gasteiger partial charge < -0.3 is 14.3 Å². The van der Waals surface area contributed by atoms with Gasteiger partial charge in [0.2, 0.25) is 0 Å². The topological polar surface area (TPSA) is 106 Å². The van der Waals surface area contributed by atoms with Crippen molar-refractivity contribution in [1.82, 2.24) is 5.32 Å². The van der Waals surface area contributed by atoms with E-state index in [1.54, 1.807) is 13.0 Å². The Morgan fingerprint density at radius 2 is 1.97 bits per heavy atom. The van der Waals surface area contributed by atoms with E-state index < -0.39 is 17.5 Å². The largest absolute Gasteiger partial charge is 0.507 e. The minimum atomic E-state index is -0.831. The highest BCUT2D eigenvalue weighted by atomic mass is 16.5. The average molecular weight is 448 g/mol. The maximum Gasteiger partial charge on any atom is 0.410 e. The van der Waals surface area contributed by atoms with Crippen LogP contribution in [0.3, 0.4) is 0 Å². The molecule has 1 amide bonds. The summed E-state index contributed by atoms with van der Waals surface area (Å²) in [5.41, 5.74) is -0.669. The summed E-state index contributed by atoms with van der Waals surface area (Å²) in [4.78, 5) is 36.0. The van der Waals surface area contributed by atoms with Gasteiger partial charge >= 0.3 is 11.7 Å². The van der Waals surface area contributed by atoms with Crippen molar-refractivity contribution in [2.45, 2.75) is 79.1 Å². The number of ketones is 1. The van der Waals surface area contributed by atoms with E-state index in [-0.39, 0.29) is 16.7 Å². The molecular weight excluding hydrogens is 410 g/mol. The van der Waals surface area contributed by atoms with Crippen LogP contribution in [0.25, 0.3) is 0 Å². The van der Waals surface area contributed by atoms with Gasteiger partial charge in [0, 0.05) is 18.7 Å². The summed E-state index contributed by atoms with van der Waals surface area (Å²) in [6, 6.07) is 1.33. The molecule has 1 heterocycles. The monoisotopic (exact) mass is 447 g/mol. The minimum absolute atomic E-state index is 0.0636. The van der Waals surface area contributed by atoms with Gasteiger partial charge in [-0.1, -0.05) is 52.2 Å². The predicted molar refractivity (Wildman–Crippen MR) is 125 cm³/mol. The summed E-state index contributed by atoms with van der Waals surface area (Å²) in [6.45, 7) is 8.16. The van der Waals surface area contributed by atoms with Gasteiger partial charge in [-0.25, -0.2) is 9.59 Å². The zero-order valence-electron chi connectivity index (χ0n) is 20.0. The number of methoxy groups -OCH3 is 1. The first kappa shape index (κ1) is 27.2. The minimum Gasteiger partial charge on any atom is -0.507 e. The van der Waals surface area contributed by atoms with Gasteiger partial charge in [0.25, 0.3) is 0 Å². The molecule has 0 aliphatic heterocycles. The number of hydrogen-bond acceptors (Lipinski definition) is 6. The molecule has 2 N–H and O–H groups in total. The Kier molecular flexibility index (Phi) is 11.5. The Morgan fingerprint density at radius 3 is 2.59 bits per heavy atom. The Labute approximate surface area is 190 Å². The van der Waals surface area contributed by atoms with Crippen LogP contribution >= 0.6 is 0 Å². The Morgan fingerprint density at radius 1 is 1.25 bits per heavy atom. The van der Waals surface area contributed by atoms with E-state index in [0.29, 0.717) is 30.6 Å². The molecule has 1 aromatic heterocycles. The number of unbranched alkanes of at least 4 members (excludes halogenated alkanes) is 3. The number of aromatic hydroxyl groups is 1. The van der Waals surface area contributed by atoms with Crippen molar-refractivity contribution in [3.63, 3.8) is 0 Å². The van der Waals surface area contributed by atoms with Crippen LogP contribution in [-0.4, -0.2) is 24.1 Å². The molecular formula is C25H37NO6. The number of hydrogen-bond donors (Lipinski definition) is 2. The number of carbonyl (C=O) groups is 2. The van der Waals surface area contributed by atoms with Crippen molar-refractivity contribution in [3.05, 3.63) is 51.7 Å². The fraction of sp³-hybridized carbons (Fsp3) is 0.560. The number of carbonyl (C=O) groups excluding carboxylic acids is 2. The van der Waals surface area contributed by atoms with Crippen LogP contribution in [-0.2, 0) is 11.2 Å². The summed E-state index contributed by atoms with van der Waals surface area (Å²) >= 11 is 0. The summed E-state index contributed by atoms with van der Waals surface area (Å²) in [5.74, 6) is -0.569. The number of rotatable bonds is 13. The number of alkyl carbamates (subject to hydrolysis) is 1. The van der Waals surface area contributed by atoms with E-state index in [4.69, 9.17) is 4.42 Å². The standard InChI is InChI=1S/C25H37NO6/c1-6-7-10-14-25(3,4)15-13-18(2)22(28)21-20(27)17-19(32-23(21)29)12-9-8-11-16-26-24(30)31-5/h11,13,16-17,27H,6-10,12,14-15H2,1-5H3,(H,26,30)/b16-11+,18-13+. The molecule has 178 valence electrons. The first-order chi connectivity index (χ1) is 15.1. The zero-order valence-corrected chi connectivity index (χ0v) is 20.0. The Bertz CT molecular complexity index is 879. The van der Waals surface area contributed by atoms with E-state index in [0.717, 1.165) is 25.7 Å². The van der Waals surface area contributed by atoms with E-state index >= 15 is 0 Å². The number of ether oxygens (including phenoxy) is 1. The van der Waals surface area contributed by atoms with Crippen LogP contribution in [0.15, 0.2) is 39.2 Å². The van der Waals surface area contributed by atoms with Gasteiger partial charge in [-0.15, -0.1) is 0 Å². The van der Waals surface area contributed by atoms with Crippen molar-refractivity contribution < 1.29 is 23.8 Å². The lowest BCUT2D eigenvalue weighted by Crippen LogP contribution is -2.17. The lowest BCUT2D eigenvalue weighted by Gasteiger charge is -2.23. The molecule has 0 atom stereocenters. The third-order valence-corrected chi connectivity index (χ3v) is 5.28. The SMILES string of the molecule is CCCCCC(C)(C)C/C=C(\C)C(=O)c1c(O)cc(CCC/C=C/NC(=O)OC)oc1=O. The molecule has 1 rings (SSSR count). The molecule has 32 heavy (non-hydrogen) atoms. The molecule has 0 aliphatic rings. The molecule has 0 unspecified atom stereocenters. The summed E-state index contributed by atoms with van der Waals surface area (Å²) in [5, 5.41) is 12.7. The number of Topliss-reactive ketones (excluding diaryl/α,β-unsaturated/α-hetero) is 1. The van der Waals surface area contributed by atoms with Crippen LogP contribution in [0, 0.1) is 5.41 Å². The molecule has 0 aromatic carbocycles. The lowest BCUT2D eigenvalue weighted by molar-refractivity contribution is 0.102. The van der Waals surface area contributed by atoms with Gasteiger partial charge in [0.05, 0.1) is 7.11 Å². The van der Waals surface area contributed by atoms with E-state index in [2.05, 4.69) is 30.8 Å². The van der Waals surface area contributed by atoms with Gasteiger partial charge in [-0.3, -0.25) is 10.1 Å². The molecule has 0 spiro atoms. The fourth-order valence-corrected chi connectivity index (χ4v) is 3.20. The number of nitrogens with one attached hydrogen (secondary N) is 1. The molecule has 7 heteroatoms. The Balaban J connectivity index is 2.74. The van der Waals surface area contributed by atoms with E-state index in [1.165, 1.54) is 25.8 Å². The third kappa shape index (κ3) is 9.54. The fourth-order valence-electron chi connectivity index (χ4n) is 3.20. The summed E-state index contributed by atoms with van der Waals surface area (Å²) in [6.07, 6.45) is 11.4. The molecule has 0 radical (unpaired) electrons. The molecule has 0 fully saturated rings. The van der Waals surface area contributed by atoms with Gasteiger partial charge in [-0.2, -0.15) is 0 Å². The normalized spacial score (nSPS) is 12.2. The van der Waals surface area contributed by atoms with Crippen molar-refractivity contribution in [2.24, 2.45) is 5.41 Å². The summed E-state index contributed by atoms with van der Waals surface area (Å²) < 4.78 is 9.70. The first-order valence-corrected chi connectivity index (χ1v) is 11.2. The first-order valence-electron chi connectivity index (χ1n) is 11.2. The van der Waals surface area contributed by atoms with Crippen LogP contribution < -0.4 is 10.9 Å². The second-order valence-corrected chi connectivity index (χ2v) is 8.73. The highest BCUT2D eigenvalue weighted by molar-refractivity contribution is 6.09. The quantitative estimate of drug-likeness (QED) is 0.229. The molecule has 0 aliphatic carbocycles. The van der Waals surface area contributed by atoms with Crippen LogP contribution in [0.4, 0.5) is 4.79 Å². The van der Waals surface area contributed by atoms with Gasteiger partial charge in [0.15, 0.2) is 5.78 Å². The van der Waals surface area contributed by atoms with Gasteiger partial charge in [0.1, 0.15) is 17.1 Å². The van der Waals surface area contributed by atoms with Crippen molar-refractivity contribution >= 4 is 11.9 Å². The summed E-state index contributed by atoms with van der Waals surface area (Å²) in [7, 11) is 1.28. The maximum atomic E-state index is 12.7. The number of aryl methyl sites for hydroxylation is 1. The third-order valence-electron chi connectivity index (χ3n) is 5.28. The second-order valence-electron chi connectivity index (χ2n) is 8.73. The van der Waals surface area contributed by atoms with Crippen molar-refractivity contribution in [1.29, 1.82) is 0 Å². The molecule has 0 saturated carbocycles. The smallest absolute Gasteiger partial charge is 0.410 e. The molecule has 0 saturated heterocycles.